The third-order valence-electron chi connectivity index (χ3n) is 5.40. The summed E-state index contributed by atoms with van der Waals surface area (Å²) >= 11 is 0. The summed E-state index contributed by atoms with van der Waals surface area (Å²) in [5, 5.41) is 8.39. The van der Waals surface area contributed by atoms with Gasteiger partial charge >= 0.3 is 0 Å². The van der Waals surface area contributed by atoms with Crippen molar-refractivity contribution < 1.29 is 17.8 Å². The first kappa shape index (κ1) is 22.0. The van der Waals surface area contributed by atoms with Gasteiger partial charge in [0, 0.05) is 39.4 Å². The molecule has 1 atom stereocenters. The van der Waals surface area contributed by atoms with Gasteiger partial charge in [0.25, 0.3) is 0 Å². The summed E-state index contributed by atoms with van der Waals surface area (Å²) in [6.45, 7) is 2.78. The Kier molecular flexibility index (Phi) is 6.22. The van der Waals surface area contributed by atoms with Crippen LogP contribution in [0.1, 0.15) is 16.8 Å². The molecule has 0 radical (unpaired) electrons. The molecule has 0 fully saturated rings. The molecule has 0 bridgehead atoms. The molecule has 0 spiro atoms. The van der Waals surface area contributed by atoms with Gasteiger partial charge in [-0.2, -0.15) is 0 Å². The first-order chi connectivity index (χ1) is 16.5. The SMILES string of the molecule is Cc1cc(OCc2coc(-c3cc4cc(F)ccc4[nH]3)n2)ccc1CS(=O)CCn1ccnn1. The van der Waals surface area contributed by atoms with Crippen LogP contribution in [0.4, 0.5) is 4.39 Å². The summed E-state index contributed by atoms with van der Waals surface area (Å²) in [4.78, 5) is 7.64. The van der Waals surface area contributed by atoms with E-state index in [1.807, 2.05) is 25.1 Å². The molecule has 8 nitrogen and oxygen atoms in total. The molecule has 0 aliphatic rings. The first-order valence-corrected chi connectivity index (χ1v) is 12.2. The number of aromatic nitrogens is 5. The second-order valence-corrected chi connectivity index (χ2v) is 9.47. The third kappa shape index (κ3) is 5.07. The number of nitrogens with zero attached hydrogens (tertiary/aromatic N) is 4. The van der Waals surface area contributed by atoms with Crippen LogP contribution in [0.5, 0.6) is 5.75 Å². The van der Waals surface area contributed by atoms with E-state index < -0.39 is 10.8 Å². The Morgan fingerprint density at radius 1 is 1.21 bits per heavy atom. The topological polar surface area (TPSA) is 98.8 Å². The second-order valence-electron chi connectivity index (χ2n) is 7.89. The molecule has 1 unspecified atom stereocenters. The molecular weight excluding hydrogens is 457 g/mol. The average Bonchev–Trinajstić information content (AvgIpc) is 3.58. The Morgan fingerprint density at radius 3 is 2.94 bits per heavy atom. The Bertz CT molecular complexity index is 1440. The number of rotatable bonds is 9. The minimum atomic E-state index is -1.00. The minimum absolute atomic E-state index is 0.237. The molecule has 10 heteroatoms. The summed E-state index contributed by atoms with van der Waals surface area (Å²) in [6, 6.07) is 12.1. The van der Waals surface area contributed by atoms with Gasteiger partial charge in [0.05, 0.1) is 12.7 Å². The van der Waals surface area contributed by atoms with Crippen LogP contribution in [0.15, 0.2) is 65.5 Å². The quantitative estimate of drug-likeness (QED) is 0.337. The van der Waals surface area contributed by atoms with Crippen LogP contribution in [-0.2, 0) is 29.7 Å². The molecule has 174 valence electrons. The van der Waals surface area contributed by atoms with Crippen molar-refractivity contribution in [3.63, 3.8) is 0 Å². The molecule has 0 saturated carbocycles. The monoisotopic (exact) mass is 479 g/mol. The Labute approximate surface area is 197 Å². The average molecular weight is 480 g/mol. The number of aromatic amines is 1. The Balaban J connectivity index is 1.18. The molecule has 3 heterocycles. The van der Waals surface area contributed by atoms with E-state index in [-0.39, 0.29) is 12.4 Å². The lowest BCUT2D eigenvalue weighted by atomic mass is 10.1. The molecule has 2 aromatic carbocycles. The van der Waals surface area contributed by atoms with Crippen molar-refractivity contribution in [2.24, 2.45) is 0 Å². The van der Waals surface area contributed by atoms with Crippen LogP contribution >= 0.6 is 0 Å². The maximum Gasteiger partial charge on any atom is 0.243 e. The van der Waals surface area contributed by atoms with Crippen LogP contribution in [0.3, 0.4) is 0 Å². The molecule has 0 aliphatic carbocycles. The van der Waals surface area contributed by atoms with Crippen molar-refractivity contribution in [2.75, 3.05) is 5.75 Å². The summed E-state index contributed by atoms with van der Waals surface area (Å²) in [6.07, 6.45) is 4.91. The van der Waals surface area contributed by atoms with Gasteiger partial charge in [0.15, 0.2) is 0 Å². The summed E-state index contributed by atoms with van der Waals surface area (Å²) in [7, 11) is -1.00. The molecule has 0 amide bonds. The van der Waals surface area contributed by atoms with E-state index >= 15 is 0 Å². The van der Waals surface area contributed by atoms with Crippen molar-refractivity contribution in [2.45, 2.75) is 25.8 Å². The predicted molar refractivity (Wildman–Crippen MR) is 126 cm³/mol. The zero-order valence-corrected chi connectivity index (χ0v) is 19.2. The number of benzene rings is 2. The number of hydrogen-bond donors (Lipinski definition) is 1. The molecule has 1 N–H and O–H groups in total. The third-order valence-corrected chi connectivity index (χ3v) is 6.67. The van der Waals surface area contributed by atoms with Gasteiger partial charge in [0.2, 0.25) is 5.89 Å². The van der Waals surface area contributed by atoms with Gasteiger partial charge in [-0.3, -0.25) is 8.89 Å². The first-order valence-electron chi connectivity index (χ1n) is 10.7. The zero-order chi connectivity index (χ0) is 23.5. The highest BCUT2D eigenvalue weighted by molar-refractivity contribution is 7.84. The number of fused-ring (bicyclic) bond motifs is 1. The molecule has 0 saturated heterocycles. The molecule has 34 heavy (non-hydrogen) atoms. The van der Waals surface area contributed by atoms with E-state index in [4.69, 9.17) is 9.15 Å². The number of oxazole rings is 1. The van der Waals surface area contributed by atoms with Gasteiger partial charge < -0.3 is 14.1 Å². The maximum absolute atomic E-state index is 13.4. The molecule has 5 aromatic rings. The maximum atomic E-state index is 13.4. The van der Waals surface area contributed by atoms with Gasteiger partial charge in [0.1, 0.15) is 35.8 Å². The molecular formula is C24H22FN5O3S. The van der Waals surface area contributed by atoms with Crippen molar-refractivity contribution in [1.29, 1.82) is 0 Å². The summed E-state index contributed by atoms with van der Waals surface area (Å²) in [5.74, 6) is 1.80. The second kappa shape index (κ2) is 9.60. The minimum Gasteiger partial charge on any atom is -0.487 e. The van der Waals surface area contributed by atoms with E-state index in [0.29, 0.717) is 41.1 Å². The highest BCUT2D eigenvalue weighted by Crippen LogP contribution is 2.25. The van der Waals surface area contributed by atoms with Crippen LogP contribution in [-0.4, -0.2) is 34.9 Å². The highest BCUT2D eigenvalue weighted by Gasteiger charge is 2.12. The number of nitrogens with one attached hydrogen (secondary N) is 1. The van der Waals surface area contributed by atoms with Crippen molar-refractivity contribution in [1.82, 2.24) is 25.0 Å². The number of halogens is 1. The van der Waals surface area contributed by atoms with Gasteiger partial charge in [-0.1, -0.05) is 11.3 Å². The number of aryl methyl sites for hydroxylation is 2. The summed E-state index contributed by atoms with van der Waals surface area (Å²) in [5.41, 5.74) is 4.14. The predicted octanol–water partition coefficient (Wildman–Crippen LogP) is 4.39. The van der Waals surface area contributed by atoms with Crippen molar-refractivity contribution >= 4 is 21.7 Å². The number of H-pyrrole nitrogens is 1. The highest BCUT2D eigenvalue weighted by atomic mass is 32.2. The standard InChI is InChI=1S/C24H22FN5O3S/c1-16-10-21(4-2-17(16)15-34(31)9-8-30-7-6-26-29-30)32-13-20-14-33-24(27-20)23-12-18-11-19(25)3-5-22(18)28-23/h2-7,10-12,14,28H,8-9,13,15H2,1H3. The number of ether oxygens (including phenoxy) is 1. The van der Waals surface area contributed by atoms with E-state index in [1.165, 1.54) is 12.1 Å². The zero-order valence-electron chi connectivity index (χ0n) is 18.4. The lowest BCUT2D eigenvalue weighted by Gasteiger charge is -2.09. The normalized spacial score (nSPS) is 12.3. The molecule has 0 aliphatic heterocycles. The Morgan fingerprint density at radius 2 is 2.12 bits per heavy atom. The Hall–Kier alpha value is -3.79. The fourth-order valence-corrected chi connectivity index (χ4v) is 4.79. The van der Waals surface area contributed by atoms with Gasteiger partial charge in [-0.05, 0) is 54.4 Å². The molecule has 3 aromatic heterocycles. The smallest absolute Gasteiger partial charge is 0.243 e. The fourth-order valence-electron chi connectivity index (χ4n) is 3.59. The van der Waals surface area contributed by atoms with Crippen LogP contribution in [0.2, 0.25) is 0 Å². The van der Waals surface area contributed by atoms with Crippen molar-refractivity contribution in [3.8, 4) is 17.3 Å². The van der Waals surface area contributed by atoms with Crippen LogP contribution < -0.4 is 4.74 Å². The van der Waals surface area contributed by atoms with E-state index in [1.54, 1.807) is 35.5 Å². The largest absolute Gasteiger partial charge is 0.487 e. The van der Waals surface area contributed by atoms with Gasteiger partial charge in [-0.15, -0.1) is 5.10 Å². The fraction of sp³-hybridized carbons (Fsp3) is 0.208. The van der Waals surface area contributed by atoms with E-state index in [2.05, 4.69) is 20.3 Å². The van der Waals surface area contributed by atoms with Crippen LogP contribution in [0.25, 0.3) is 22.5 Å². The van der Waals surface area contributed by atoms with Crippen LogP contribution in [0, 0.1) is 12.7 Å². The van der Waals surface area contributed by atoms with Gasteiger partial charge in [-0.25, -0.2) is 9.37 Å². The lowest BCUT2D eigenvalue weighted by Crippen LogP contribution is -2.10. The van der Waals surface area contributed by atoms with E-state index in [0.717, 1.165) is 22.0 Å². The van der Waals surface area contributed by atoms with E-state index in [9.17, 15) is 8.60 Å². The summed E-state index contributed by atoms with van der Waals surface area (Å²) < 4.78 is 39.0. The molecule has 5 rings (SSSR count). The lowest BCUT2D eigenvalue weighted by molar-refractivity contribution is 0.300. The number of hydrogen-bond acceptors (Lipinski definition) is 6. The van der Waals surface area contributed by atoms with Crippen molar-refractivity contribution in [3.05, 3.63) is 83.8 Å².